The Bertz CT molecular complexity index is 55.8. The monoisotopic (exact) mass is 85.0 g/mol. The van der Waals surface area contributed by atoms with Crippen LogP contribution in [0.15, 0.2) is 0 Å². The maximum absolute atomic E-state index is 3.79. The van der Waals surface area contributed by atoms with E-state index in [-0.39, 0.29) is 0 Å². The molecule has 0 aliphatic carbocycles. The van der Waals surface area contributed by atoms with Gasteiger partial charge in [-0.25, -0.2) is 0 Å². The molecule has 0 aromatic carbocycles. The molecular weight excluding hydrogens is 80.1 g/mol. The second-order valence-corrected chi connectivity index (χ2v) is 0.828. The second kappa shape index (κ2) is 3.91. The maximum Gasteiger partial charge on any atom is 0.0517 e. The van der Waals surface area contributed by atoms with Gasteiger partial charge < -0.3 is 0 Å². The van der Waals surface area contributed by atoms with E-state index in [0.717, 1.165) is 0 Å². The third-order valence-electron chi connectivity index (χ3n) is 0.204. The summed E-state index contributed by atoms with van der Waals surface area (Å²) in [6.07, 6.45) is 0. The van der Waals surface area contributed by atoms with Crippen LogP contribution < -0.4 is 0 Å². The van der Waals surface area contributed by atoms with E-state index in [1.54, 1.807) is 0 Å². The molecule has 0 heterocycles. The van der Waals surface area contributed by atoms with Crippen molar-refractivity contribution in [3.8, 4) is 11.8 Å². The molecule has 0 bridgehead atoms. The minimum absolute atomic E-state index is 0.615. The minimum Gasteiger partial charge on any atom is -0.166 e. The van der Waals surface area contributed by atoms with Crippen molar-refractivity contribution in [3.05, 3.63) is 6.92 Å². The molecule has 27 valence electrons. The van der Waals surface area contributed by atoms with Crippen LogP contribution in [0.2, 0.25) is 0 Å². The summed E-state index contributed by atoms with van der Waals surface area (Å²) in [5, 5.41) is 0. The number of hydrogen-bond donors (Lipinski definition) is 1. The summed E-state index contributed by atoms with van der Waals surface area (Å²) in [5.74, 6) is 5.67. The molecule has 0 rings (SSSR count). The van der Waals surface area contributed by atoms with E-state index < -0.39 is 0 Å². The predicted octanol–water partition coefficient (Wildman–Crippen LogP) is 0.754. The highest BCUT2D eigenvalue weighted by Crippen LogP contribution is 1.62. The second-order valence-electron chi connectivity index (χ2n) is 0.512. The summed E-state index contributed by atoms with van der Waals surface area (Å²) in [5.41, 5.74) is 0. The van der Waals surface area contributed by atoms with Crippen LogP contribution in [0.4, 0.5) is 0 Å². The van der Waals surface area contributed by atoms with Crippen LogP contribution >= 0.6 is 12.6 Å². The van der Waals surface area contributed by atoms with Gasteiger partial charge in [0.05, 0.1) is 5.75 Å². The van der Waals surface area contributed by atoms with Crippen LogP contribution in [0.1, 0.15) is 0 Å². The van der Waals surface area contributed by atoms with Gasteiger partial charge in [-0.15, -0.1) is 5.92 Å². The van der Waals surface area contributed by atoms with Gasteiger partial charge in [0.25, 0.3) is 0 Å². The Morgan fingerprint density at radius 3 is 2.40 bits per heavy atom. The highest BCUT2D eigenvalue weighted by molar-refractivity contribution is 7.80. The predicted molar refractivity (Wildman–Crippen MR) is 27.0 cm³/mol. The Labute approximate surface area is 38.0 Å². The van der Waals surface area contributed by atoms with E-state index >= 15 is 0 Å². The van der Waals surface area contributed by atoms with Crippen LogP contribution in [-0.4, -0.2) is 5.75 Å². The minimum atomic E-state index is 0.615. The molecule has 0 aliphatic rings. The molecule has 0 fully saturated rings. The summed E-state index contributed by atoms with van der Waals surface area (Å²) in [7, 11) is 0. The first-order chi connectivity index (χ1) is 2.41. The van der Waals surface area contributed by atoms with Crippen molar-refractivity contribution in [2.75, 3.05) is 5.75 Å². The van der Waals surface area contributed by atoms with E-state index in [0.29, 0.717) is 5.75 Å². The van der Waals surface area contributed by atoms with Crippen molar-refractivity contribution in [2.24, 2.45) is 0 Å². The summed E-state index contributed by atoms with van der Waals surface area (Å²) in [6, 6.07) is 0. The first-order valence-corrected chi connectivity index (χ1v) is 1.91. The summed E-state index contributed by atoms with van der Waals surface area (Å²) >= 11 is 3.79. The fourth-order valence-corrected chi connectivity index (χ4v) is 0.168. The third kappa shape index (κ3) is 3.91. The molecule has 1 heteroatoms. The van der Waals surface area contributed by atoms with Crippen LogP contribution in [0.5, 0.6) is 0 Å². The van der Waals surface area contributed by atoms with Crippen molar-refractivity contribution < 1.29 is 0 Å². The Morgan fingerprint density at radius 1 is 1.80 bits per heavy atom. The average Bonchev–Trinajstić information content (AvgIpc) is 1.41. The van der Waals surface area contributed by atoms with Gasteiger partial charge in [-0.05, 0) is 0 Å². The van der Waals surface area contributed by atoms with Gasteiger partial charge in [0.2, 0.25) is 0 Å². The average molecular weight is 85.2 g/mol. The van der Waals surface area contributed by atoms with E-state index in [4.69, 9.17) is 0 Å². The lowest BCUT2D eigenvalue weighted by atomic mass is 10.7. The first-order valence-electron chi connectivity index (χ1n) is 1.27. The van der Waals surface area contributed by atoms with Gasteiger partial charge in [-0.3, -0.25) is 0 Å². The Balaban J connectivity index is 2.81. The quantitative estimate of drug-likeness (QED) is 0.326. The maximum atomic E-state index is 3.79. The molecule has 1 radical (unpaired) electrons. The van der Waals surface area contributed by atoms with E-state index in [1.165, 1.54) is 0 Å². The van der Waals surface area contributed by atoms with Crippen LogP contribution in [0.25, 0.3) is 0 Å². The van der Waals surface area contributed by atoms with Gasteiger partial charge >= 0.3 is 0 Å². The molecule has 0 N–H and O–H groups in total. The zero-order valence-corrected chi connectivity index (χ0v) is 3.76. The topological polar surface area (TPSA) is 0 Å². The molecule has 5 heavy (non-hydrogen) atoms. The van der Waals surface area contributed by atoms with E-state index in [1.807, 2.05) is 0 Å². The van der Waals surface area contributed by atoms with Gasteiger partial charge in [0.1, 0.15) is 0 Å². The van der Waals surface area contributed by atoms with Crippen LogP contribution in [-0.2, 0) is 0 Å². The Hall–Kier alpha value is -0.0900. The largest absolute Gasteiger partial charge is 0.166 e. The molecule has 0 atom stereocenters. The first kappa shape index (κ1) is 4.91. The summed E-state index contributed by atoms with van der Waals surface area (Å²) < 4.78 is 0. The molecule has 0 aliphatic heterocycles. The van der Waals surface area contributed by atoms with Crippen molar-refractivity contribution in [1.29, 1.82) is 0 Å². The lowest BCUT2D eigenvalue weighted by Crippen LogP contribution is -1.53. The summed E-state index contributed by atoms with van der Waals surface area (Å²) in [6.45, 7) is 3.27. The third-order valence-corrected chi connectivity index (χ3v) is 0.362. The SMILES string of the molecule is [CH2]C#CCS. The highest BCUT2D eigenvalue weighted by atomic mass is 32.1. The molecule has 0 amide bonds. The van der Waals surface area contributed by atoms with Crippen molar-refractivity contribution in [3.63, 3.8) is 0 Å². The van der Waals surface area contributed by atoms with Crippen molar-refractivity contribution in [1.82, 2.24) is 0 Å². The fourth-order valence-electron chi connectivity index (χ4n) is 0.0559. The number of thiol groups is 1. The molecular formula is C4H5S. The zero-order chi connectivity index (χ0) is 4.12. The van der Waals surface area contributed by atoms with E-state index in [9.17, 15) is 0 Å². The Kier molecular flexibility index (Phi) is 3.84. The van der Waals surface area contributed by atoms with Gasteiger partial charge in [-0.2, -0.15) is 12.6 Å². The zero-order valence-electron chi connectivity index (χ0n) is 2.86. The van der Waals surface area contributed by atoms with Crippen LogP contribution in [0.3, 0.4) is 0 Å². The molecule has 0 spiro atoms. The molecule has 0 unspecified atom stereocenters. The number of hydrogen-bond acceptors (Lipinski definition) is 1. The lowest BCUT2D eigenvalue weighted by Gasteiger charge is -1.57. The highest BCUT2D eigenvalue weighted by Gasteiger charge is 1.49. The van der Waals surface area contributed by atoms with Gasteiger partial charge in [0.15, 0.2) is 0 Å². The molecule has 0 saturated heterocycles. The fraction of sp³-hybridized carbons (Fsp3) is 0.250. The lowest BCUT2D eigenvalue weighted by molar-refractivity contribution is 1.96. The van der Waals surface area contributed by atoms with Crippen LogP contribution in [0, 0.1) is 18.8 Å². The molecule has 0 aromatic heterocycles. The number of rotatable bonds is 0. The smallest absolute Gasteiger partial charge is 0.0517 e. The van der Waals surface area contributed by atoms with E-state index in [2.05, 4.69) is 31.4 Å². The summed E-state index contributed by atoms with van der Waals surface area (Å²) in [4.78, 5) is 0. The van der Waals surface area contributed by atoms with Crippen molar-refractivity contribution in [2.45, 2.75) is 0 Å². The molecule has 0 nitrogen and oxygen atoms in total. The van der Waals surface area contributed by atoms with Gasteiger partial charge in [-0.1, -0.05) is 5.92 Å². The van der Waals surface area contributed by atoms with Crippen molar-refractivity contribution >= 4 is 12.6 Å². The standard InChI is InChI=1S/C4H5S/c1-2-3-4-5/h5H,1,4H2. The molecule has 0 saturated carbocycles. The Morgan fingerprint density at radius 2 is 2.40 bits per heavy atom. The normalized spacial score (nSPS) is 5.20. The van der Waals surface area contributed by atoms with Gasteiger partial charge in [0, 0.05) is 6.92 Å². The molecule has 0 aromatic rings.